The van der Waals surface area contributed by atoms with Gasteiger partial charge in [0.1, 0.15) is 0 Å². The van der Waals surface area contributed by atoms with E-state index in [4.69, 9.17) is 12.2 Å². The highest BCUT2D eigenvalue weighted by atomic mass is 32.1. The molecule has 0 aromatic heterocycles. The van der Waals surface area contributed by atoms with E-state index in [0.717, 1.165) is 5.69 Å². The van der Waals surface area contributed by atoms with Crippen LogP contribution in [0.4, 0.5) is 5.69 Å². The molecule has 0 aliphatic carbocycles. The number of amides is 2. The molecular formula is C17H15N3O2S. The van der Waals surface area contributed by atoms with Crippen LogP contribution in [0.1, 0.15) is 16.8 Å². The second-order valence-electron chi connectivity index (χ2n) is 5.04. The summed E-state index contributed by atoms with van der Waals surface area (Å²) in [6.07, 6.45) is 0.357. The predicted molar refractivity (Wildman–Crippen MR) is 91.8 cm³/mol. The monoisotopic (exact) mass is 325 g/mol. The molecular weight excluding hydrogens is 310 g/mol. The summed E-state index contributed by atoms with van der Waals surface area (Å²) in [6, 6.07) is 18.1. The molecule has 0 saturated carbocycles. The number of nitrogens with one attached hydrogen (secondary N) is 1. The molecule has 116 valence electrons. The fourth-order valence-corrected chi connectivity index (χ4v) is 2.68. The van der Waals surface area contributed by atoms with E-state index in [9.17, 15) is 9.59 Å². The molecule has 0 radical (unpaired) electrons. The number of thiocarbonyl (C=S) groups is 1. The van der Waals surface area contributed by atoms with Crippen molar-refractivity contribution in [3.05, 3.63) is 66.2 Å². The van der Waals surface area contributed by atoms with Crippen molar-refractivity contribution in [2.45, 2.75) is 6.42 Å². The molecule has 0 unspecified atom stereocenters. The zero-order valence-electron chi connectivity index (χ0n) is 12.3. The van der Waals surface area contributed by atoms with E-state index in [1.807, 2.05) is 36.4 Å². The number of para-hydroxylation sites is 1. The number of carbonyl (C=O) groups is 2. The topological polar surface area (TPSA) is 52.7 Å². The van der Waals surface area contributed by atoms with E-state index >= 15 is 0 Å². The van der Waals surface area contributed by atoms with Gasteiger partial charge in [0, 0.05) is 12.0 Å². The van der Waals surface area contributed by atoms with E-state index < -0.39 is 0 Å². The average Bonchev–Trinajstić information content (AvgIpc) is 2.98. The summed E-state index contributed by atoms with van der Waals surface area (Å²) in [7, 11) is 0. The molecule has 1 heterocycles. The third kappa shape index (κ3) is 3.22. The summed E-state index contributed by atoms with van der Waals surface area (Å²) in [5.74, 6) is -0.338. The number of rotatable bonds is 2. The van der Waals surface area contributed by atoms with Crippen molar-refractivity contribution in [3.8, 4) is 0 Å². The van der Waals surface area contributed by atoms with Gasteiger partial charge < -0.3 is 0 Å². The van der Waals surface area contributed by atoms with Gasteiger partial charge in [-0.3, -0.25) is 19.9 Å². The van der Waals surface area contributed by atoms with Crippen LogP contribution >= 0.6 is 12.2 Å². The summed E-state index contributed by atoms with van der Waals surface area (Å²) >= 11 is 5.32. The van der Waals surface area contributed by atoms with Crippen molar-refractivity contribution < 1.29 is 9.59 Å². The lowest BCUT2D eigenvalue weighted by atomic mass is 10.2. The van der Waals surface area contributed by atoms with Gasteiger partial charge in [-0.25, -0.2) is 5.01 Å². The Hall–Kier alpha value is -2.73. The second kappa shape index (κ2) is 6.58. The van der Waals surface area contributed by atoms with Crippen LogP contribution in [0.15, 0.2) is 60.7 Å². The molecule has 1 fully saturated rings. The molecule has 0 bridgehead atoms. The maximum atomic E-state index is 12.2. The Morgan fingerprint density at radius 2 is 1.61 bits per heavy atom. The summed E-state index contributed by atoms with van der Waals surface area (Å²) < 4.78 is 0. The van der Waals surface area contributed by atoms with Crippen molar-refractivity contribution in [1.82, 2.24) is 10.3 Å². The summed E-state index contributed by atoms with van der Waals surface area (Å²) in [4.78, 5) is 24.4. The minimum atomic E-state index is -0.289. The molecule has 0 spiro atoms. The largest absolute Gasteiger partial charge is 0.297 e. The van der Waals surface area contributed by atoms with Crippen LogP contribution in [-0.4, -0.2) is 28.5 Å². The number of benzene rings is 2. The third-order valence-corrected chi connectivity index (χ3v) is 3.82. The van der Waals surface area contributed by atoms with Gasteiger partial charge in [-0.15, -0.1) is 0 Å². The van der Waals surface area contributed by atoms with Crippen LogP contribution < -0.4 is 10.3 Å². The van der Waals surface area contributed by atoms with Crippen LogP contribution in [0, 0.1) is 0 Å². The Morgan fingerprint density at radius 3 is 2.26 bits per heavy atom. The van der Waals surface area contributed by atoms with E-state index in [0.29, 0.717) is 18.5 Å². The minimum Gasteiger partial charge on any atom is -0.297 e. The Labute approximate surface area is 139 Å². The quantitative estimate of drug-likeness (QED) is 0.861. The van der Waals surface area contributed by atoms with Crippen molar-refractivity contribution >= 4 is 34.8 Å². The second-order valence-corrected chi connectivity index (χ2v) is 5.43. The van der Waals surface area contributed by atoms with Crippen LogP contribution in [0.3, 0.4) is 0 Å². The van der Waals surface area contributed by atoms with Gasteiger partial charge in [0.15, 0.2) is 5.11 Å². The number of carbonyl (C=O) groups excluding carboxylic acids is 2. The van der Waals surface area contributed by atoms with Crippen molar-refractivity contribution in [1.29, 1.82) is 0 Å². The van der Waals surface area contributed by atoms with Gasteiger partial charge in [0.2, 0.25) is 5.91 Å². The summed E-state index contributed by atoms with van der Waals surface area (Å²) in [5.41, 5.74) is 1.25. The van der Waals surface area contributed by atoms with Gasteiger partial charge in [0.05, 0.1) is 12.2 Å². The SMILES string of the molecule is O=C(NC(=S)N1CCC(=O)N1c1ccccc1)c1ccccc1. The number of nitrogens with zero attached hydrogens (tertiary/aromatic N) is 2. The molecule has 1 N–H and O–H groups in total. The Balaban J connectivity index is 1.76. The van der Waals surface area contributed by atoms with Crippen molar-refractivity contribution in [3.63, 3.8) is 0 Å². The van der Waals surface area contributed by atoms with Crippen LogP contribution in [0.5, 0.6) is 0 Å². The number of anilines is 1. The first-order valence-corrected chi connectivity index (χ1v) is 7.63. The lowest BCUT2D eigenvalue weighted by molar-refractivity contribution is -0.117. The number of hydrogen-bond acceptors (Lipinski definition) is 3. The molecule has 2 aromatic rings. The Morgan fingerprint density at radius 1 is 1.00 bits per heavy atom. The van der Waals surface area contributed by atoms with E-state index in [2.05, 4.69) is 5.32 Å². The molecule has 1 aliphatic heterocycles. The fraction of sp³-hybridized carbons (Fsp3) is 0.118. The van der Waals surface area contributed by atoms with Crippen LogP contribution in [0.2, 0.25) is 0 Å². The van der Waals surface area contributed by atoms with Crippen molar-refractivity contribution in [2.24, 2.45) is 0 Å². The fourth-order valence-electron chi connectivity index (χ4n) is 2.41. The van der Waals surface area contributed by atoms with E-state index in [-0.39, 0.29) is 16.9 Å². The normalized spacial score (nSPS) is 14.0. The van der Waals surface area contributed by atoms with Gasteiger partial charge in [-0.1, -0.05) is 36.4 Å². The minimum absolute atomic E-state index is 0.0486. The Bertz CT molecular complexity index is 734. The van der Waals surface area contributed by atoms with Crippen molar-refractivity contribution in [2.75, 3.05) is 11.6 Å². The first-order valence-electron chi connectivity index (χ1n) is 7.22. The number of hydrogen-bond donors (Lipinski definition) is 1. The van der Waals surface area contributed by atoms with Gasteiger partial charge in [-0.05, 0) is 36.5 Å². The van der Waals surface area contributed by atoms with Crippen LogP contribution in [0.25, 0.3) is 0 Å². The first kappa shape index (κ1) is 15.2. The molecule has 1 saturated heterocycles. The highest BCUT2D eigenvalue weighted by Gasteiger charge is 2.32. The molecule has 2 amide bonds. The highest BCUT2D eigenvalue weighted by Crippen LogP contribution is 2.22. The molecule has 6 heteroatoms. The zero-order valence-corrected chi connectivity index (χ0v) is 13.1. The van der Waals surface area contributed by atoms with E-state index in [1.165, 1.54) is 5.01 Å². The average molecular weight is 325 g/mol. The summed E-state index contributed by atoms with van der Waals surface area (Å²) in [5, 5.41) is 6.03. The van der Waals surface area contributed by atoms with E-state index in [1.54, 1.807) is 29.3 Å². The standard InChI is InChI=1S/C17H15N3O2S/c21-15-11-12-19(20(15)14-9-5-2-6-10-14)17(23)18-16(22)13-7-3-1-4-8-13/h1-10H,11-12H2,(H,18,22,23). The first-order chi connectivity index (χ1) is 11.2. The molecule has 1 aliphatic rings. The molecule has 2 aromatic carbocycles. The predicted octanol–water partition coefficient (Wildman–Crippen LogP) is 2.36. The molecule has 23 heavy (non-hydrogen) atoms. The number of hydrazine groups is 1. The molecule has 0 atom stereocenters. The van der Waals surface area contributed by atoms with Gasteiger partial charge in [-0.2, -0.15) is 0 Å². The maximum Gasteiger partial charge on any atom is 0.257 e. The Kier molecular flexibility index (Phi) is 4.34. The maximum absolute atomic E-state index is 12.2. The smallest absolute Gasteiger partial charge is 0.257 e. The summed E-state index contributed by atoms with van der Waals surface area (Å²) in [6.45, 7) is 0.446. The highest BCUT2D eigenvalue weighted by molar-refractivity contribution is 7.80. The lowest BCUT2D eigenvalue weighted by Crippen LogP contribution is -2.49. The zero-order chi connectivity index (χ0) is 16.2. The third-order valence-electron chi connectivity index (χ3n) is 3.51. The van der Waals surface area contributed by atoms with Gasteiger partial charge >= 0.3 is 0 Å². The van der Waals surface area contributed by atoms with Crippen LogP contribution in [-0.2, 0) is 4.79 Å². The molecule has 5 nitrogen and oxygen atoms in total. The lowest BCUT2D eigenvalue weighted by Gasteiger charge is -2.29. The van der Waals surface area contributed by atoms with Gasteiger partial charge in [0.25, 0.3) is 5.91 Å². The molecule has 3 rings (SSSR count).